The Bertz CT molecular complexity index is 1260. The number of aryl methyl sites for hydroxylation is 1. The summed E-state index contributed by atoms with van der Waals surface area (Å²) in [7, 11) is 0. The molecule has 3 aromatic rings. The fourth-order valence-electron chi connectivity index (χ4n) is 4.93. The van der Waals surface area contributed by atoms with Crippen LogP contribution in [-0.4, -0.2) is 46.5 Å². The Kier molecular flexibility index (Phi) is 7.46. The molecular formula is C29H32ClN3O2. The van der Waals surface area contributed by atoms with Crippen molar-refractivity contribution in [1.82, 2.24) is 14.4 Å². The monoisotopic (exact) mass is 489 g/mol. The van der Waals surface area contributed by atoms with Crippen molar-refractivity contribution in [2.45, 2.75) is 32.7 Å². The summed E-state index contributed by atoms with van der Waals surface area (Å²) < 4.78 is 1.90. The number of piperazine rings is 1. The van der Waals surface area contributed by atoms with Crippen LogP contribution in [0.1, 0.15) is 48.2 Å². The number of hydrogen-bond acceptors (Lipinski definition) is 3. The van der Waals surface area contributed by atoms with Crippen molar-refractivity contribution in [3.63, 3.8) is 0 Å². The summed E-state index contributed by atoms with van der Waals surface area (Å²) in [5.41, 5.74) is 4.31. The smallest absolute Gasteiger partial charge is 0.260 e. The van der Waals surface area contributed by atoms with Crippen molar-refractivity contribution >= 4 is 23.2 Å². The van der Waals surface area contributed by atoms with E-state index < -0.39 is 0 Å². The normalized spacial score (nSPS) is 15.5. The molecule has 0 bridgehead atoms. The Morgan fingerprint density at radius 1 is 0.886 bits per heavy atom. The van der Waals surface area contributed by atoms with Gasteiger partial charge in [-0.3, -0.25) is 9.59 Å². The SMILES string of the molecule is C=C(c1ccc(C)n(C(c2ccccc2)C(C)c2ccc(Cl)cc2)c1=O)N1CCN(C(C)=O)CC1. The zero-order valence-electron chi connectivity index (χ0n) is 20.6. The van der Waals surface area contributed by atoms with Gasteiger partial charge in [-0.25, -0.2) is 0 Å². The first-order valence-electron chi connectivity index (χ1n) is 12.0. The van der Waals surface area contributed by atoms with Crippen LogP contribution in [0.2, 0.25) is 5.02 Å². The Labute approximate surface area is 212 Å². The van der Waals surface area contributed by atoms with E-state index in [1.54, 1.807) is 6.92 Å². The molecule has 2 unspecified atom stereocenters. The highest BCUT2D eigenvalue weighted by Gasteiger charge is 2.27. The van der Waals surface area contributed by atoms with E-state index in [0.717, 1.165) is 16.8 Å². The second-order valence-electron chi connectivity index (χ2n) is 9.20. The Morgan fingerprint density at radius 3 is 2.09 bits per heavy atom. The highest BCUT2D eigenvalue weighted by atomic mass is 35.5. The molecule has 0 aliphatic carbocycles. The van der Waals surface area contributed by atoms with Crippen LogP contribution in [0.5, 0.6) is 0 Å². The molecule has 6 heteroatoms. The van der Waals surface area contributed by atoms with Gasteiger partial charge in [0, 0.05) is 55.4 Å². The topological polar surface area (TPSA) is 45.6 Å². The van der Waals surface area contributed by atoms with Gasteiger partial charge in [0.15, 0.2) is 0 Å². The lowest BCUT2D eigenvalue weighted by molar-refractivity contribution is -0.130. The van der Waals surface area contributed by atoms with Gasteiger partial charge in [0.05, 0.1) is 11.6 Å². The highest BCUT2D eigenvalue weighted by molar-refractivity contribution is 6.30. The van der Waals surface area contributed by atoms with Crippen molar-refractivity contribution in [2.24, 2.45) is 0 Å². The second kappa shape index (κ2) is 10.5. The number of aromatic nitrogens is 1. The first-order chi connectivity index (χ1) is 16.8. The molecule has 1 amide bonds. The summed E-state index contributed by atoms with van der Waals surface area (Å²) in [5, 5.41) is 0.689. The molecule has 0 radical (unpaired) electrons. The minimum absolute atomic E-state index is 0.0219. The lowest BCUT2D eigenvalue weighted by Crippen LogP contribution is -2.47. The quantitative estimate of drug-likeness (QED) is 0.469. The lowest BCUT2D eigenvalue weighted by atomic mass is 9.87. The number of hydrogen-bond donors (Lipinski definition) is 0. The van der Waals surface area contributed by atoms with E-state index in [2.05, 4.69) is 30.5 Å². The molecule has 0 N–H and O–H groups in total. The van der Waals surface area contributed by atoms with Crippen LogP contribution < -0.4 is 5.56 Å². The molecule has 2 aromatic carbocycles. The summed E-state index contributed by atoms with van der Waals surface area (Å²) in [5.74, 6) is 0.100. The standard InChI is InChI=1S/C29H32ClN3O2/c1-20-10-15-27(22(3)31-16-18-32(19-17-31)23(4)34)29(35)33(20)28(25-8-6-5-7-9-25)21(2)24-11-13-26(30)14-12-24/h5-15,21,28H,3,16-19H2,1-2,4H3. The fourth-order valence-corrected chi connectivity index (χ4v) is 5.06. The van der Waals surface area contributed by atoms with Crippen LogP contribution in [0.15, 0.2) is 78.1 Å². The molecule has 2 heterocycles. The Hall–Kier alpha value is -3.31. The van der Waals surface area contributed by atoms with E-state index in [4.69, 9.17) is 11.6 Å². The molecule has 0 saturated carbocycles. The van der Waals surface area contributed by atoms with E-state index >= 15 is 0 Å². The van der Waals surface area contributed by atoms with Gasteiger partial charge in [-0.2, -0.15) is 0 Å². The van der Waals surface area contributed by atoms with Gasteiger partial charge in [-0.1, -0.05) is 67.6 Å². The maximum atomic E-state index is 14.0. The summed E-state index contributed by atoms with van der Waals surface area (Å²) in [6.45, 7) is 12.6. The van der Waals surface area contributed by atoms with Crippen LogP contribution in [0.3, 0.4) is 0 Å². The van der Waals surface area contributed by atoms with Crippen molar-refractivity contribution in [1.29, 1.82) is 0 Å². The third-order valence-corrected chi connectivity index (χ3v) is 7.28. The zero-order valence-corrected chi connectivity index (χ0v) is 21.3. The van der Waals surface area contributed by atoms with E-state index in [1.807, 2.05) is 71.0 Å². The molecule has 2 atom stereocenters. The Morgan fingerprint density at radius 2 is 1.49 bits per heavy atom. The summed E-state index contributed by atoms with van der Waals surface area (Å²) in [4.78, 5) is 29.7. The molecule has 35 heavy (non-hydrogen) atoms. The molecule has 1 saturated heterocycles. The number of halogens is 1. The van der Waals surface area contributed by atoms with Crippen LogP contribution in [0, 0.1) is 6.92 Å². The molecule has 1 fully saturated rings. The average molecular weight is 490 g/mol. The predicted molar refractivity (Wildman–Crippen MR) is 143 cm³/mol. The van der Waals surface area contributed by atoms with Gasteiger partial charge in [0.25, 0.3) is 5.56 Å². The lowest BCUT2D eigenvalue weighted by Gasteiger charge is -2.37. The molecule has 182 valence electrons. The second-order valence-corrected chi connectivity index (χ2v) is 9.64. The first-order valence-corrected chi connectivity index (χ1v) is 12.4. The molecule has 4 rings (SSSR count). The summed E-state index contributed by atoms with van der Waals surface area (Å²) in [6, 6.07) is 21.7. The Balaban J connectivity index is 1.75. The zero-order chi connectivity index (χ0) is 25.1. The number of nitrogens with zero attached hydrogens (tertiary/aromatic N) is 3. The maximum Gasteiger partial charge on any atom is 0.260 e. The van der Waals surface area contributed by atoms with Crippen molar-refractivity contribution < 1.29 is 4.79 Å². The third-order valence-electron chi connectivity index (χ3n) is 7.03. The van der Waals surface area contributed by atoms with Crippen LogP contribution >= 0.6 is 11.6 Å². The molecule has 0 spiro atoms. The van der Waals surface area contributed by atoms with E-state index in [-0.39, 0.29) is 23.4 Å². The minimum atomic E-state index is -0.202. The van der Waals surface area contributed by atoms with Gasteiger partial charge in [0.2, 0.25) is 5.91 Å². The molecule has 1 aliphatic heterocycles. The van der Waals surface area contributed by atoms with Crippen LogP contribution in [0.25, 0.3) is 5.70 Å². The fraction of sp³-hybridized carbons (Fsp3) is 0.310. The highest BCUT2D eigenvalue weighted by Crippen LogP contribution is 2.35. The van der Waals surface area contributed by atoms with Crippen LogP contribution in [0.4, 0.5) is 0 Å². The van der Waals surface area contributed by atoms with Crippen molar-refractivity contribution in [2.75, 3.05) is 26.2 Å². The van der Waals surface area contributed by atoms with Crippen LogP contribution in [-0.2, 0) is 4.79 Å². The van der Waals surface area contributed by atoms with Gasteiger partial charge in [-0.15, -0.1) is 0 Å². The van der Waals surface area contributed by atoms with Crippen molar-refractivity contribution in [3.8, 4) is 0 Å². The first kappa shape index (κ1) is 24.8. The van der Waals surface area contributed by atoms with Crippen molar-refractivity contribution in [3.05, 3.63) is 111 Å². The summed E-state index contributed by atoms with van der Waals surface area (Å²) in [6.07, 6.45) is 0. The number of carbonyl (C=O) groups excluding carboxylic acids is 1. The number of pyridine rings is 1. The molecular weight excluding hydrogens is 458 g/mol. The summed E-state index contributed by atoms with van der Waals surface area (Å²) >= 11 is 6.14. The average Bonchev–Trinajstić information content (AvgIpc) is 2.87. The van der Waals surface area contributed by atoms with E-state index in [9.17, 15) is 9.59 Å². The molecule has 5 nitrogen and oxygen atoms in total. The van der Waals surface area contributed by atoms with Gasteiger partial charge in [-0.05, 0) is 42.3 Å². The predicted octanol–water partition coefficient (Wildman–Crippen LogP) is 5.34. The third kappa shape index (κ3) is 5.20. The van der Waals surface area contributed by atoms with E-state index in [0.29, 0.717) is 42.5 Å². The number of amides is 1. The van der Waals surface area contributed by atoms with Gasteiger partial charge < -0.3 is 14.4 Å². The van der Waals surface area contributed by atoms with E-state index in [1.165, 1.54) is 0 Å². The molecule has 1 aliphatic rings. The maximum absolute atomic E-state index is 14.0. The molecule has 1 aromatic heterocycles. The largest absolute Gasteiger partial charge is 0.368 e. The number of benzene rings is 2. The van der Waals surface area contributed by atoms with Gasteiger partial charge >= 0.3 is 0 Å². The number of rotatable bonds is 6. The number of carbonyl (C=O) groups is 1. The minimum Gasteiger partial charge on any atom is -0.368 e. The van der Waals surface area contributed by atoms with Gasteiger partial charge in [0.1, 0.15) is 0 Å².